The van der Waals surface area contributed by atoms with Crippen LogP contribution in [0.4, 0.5) is 0 Å². The van der Waals surface area contributed by atoms with Crippen LogP contribution in [0.3, 0.4) is 0 Å². The third-order valence-electron chi connectivity index (χ3n) is 19.4. The molecule has 6 saturated carbocycles. The monoisotopic (exact) mass is 779 g/mol. The second-order valence-corrected chi connectivity index (χ2v) is 30.7. The van der Waals surface area contributed by atoms with Crippen molar-refractivity contribution in [2.24, 2.45) is 87.8 Å². The van der Waals surface area contributed by atoms with Gasteiger partial charge in [-0.05, 0) is 203 Å². The minimum absolute atomic E-state index is 0.00225. The van der Waals surface area contributed by atoms with Crippen molar-refractivity contribution in [2.45, 2.75) is 241 Å². The van der Waals surface area contributed by atoms with Gasteiger partial charge in [-0.1, -0.05) is 120 Å². The van der Waals surface area contributed by atoms with Gasteiger partial charge in [0.05, 0.1) is 13.7 Å². The maximum absolute atomic E-state index is 6.12. The highest BCUT2D eigenvalue weighted by Crippen LogP contribution is 2.69. The van der Waals surface area contributed by atoms with E-state index in [0.717, 1.165) is 94.6 Å². The van der Waals surface area contributed by atoms with Gasteiger partial charge in [-0.3, -0.25) is 0 Å². The average Bonchev–Trinajstić information content (AvgIpc) is 3.65. The second kappa shape index (κ2) is 18.0. The first-order valence-electron chi connectivity index (χ1n) is 25.5. The second-order valence-electron chi connectivity index (χ2n) is 25.7. The minimum Gasteiger partial charge on any atom is -0.376 e. The molecule has 0 saturated heterocycles. The average molecular weight is 779 g/mol. The van der Waals surface area contributed by atoms with Crippen molar-refractivity contribution in [2.75, 3.05) is 6.61 Å². The molecule has 0 heterocycles. The molecule has 6 aliphatic carbocycles. The summed E-state index contributed by atoms with van der Waals surface area (Å²) in [6.07, 6.45) is 31.7. The molecule has 0 amide bonds. The van der Waals surface area contributed by atoms with E-state index in [1.165, 1.54) is 64.2 Å². The zero-order chi connectivity index (χ0) is 39.9. The molecule has 0 aliphatic heterocycles. The van der Waals surface area contributed by atoms with Gasteiger partial charge in [0.15, 0.2) is 0 Å². The smallest absolute Gasteiger partial charge is 0.0598 e. The van der Waals surface area contributed by atoms with E-state index in [1.807, 2.05) is 0 Å². The van der Waals surface area contributed by atoms with Crippen molar-refractivity contribution >= 4 is 8.07 Å². The summed E-state index contributed by atoms with van der Waals surface area (Å²) < 4.78 is 6.12. The van der Waals surface area contributed by atoms with E-state index in [0.29, 0.717) is 10.8 Å². The van der Waals surface area contributed by atoms with Gasteiger partial charge in [0.2, 0.25) is 0 Å². The lowest BCUT2D eigenvalue weighted by Crippen LogP contribution is -2.48. The first-order valence-corrected chi connectivity index (χ1v) is 28.6. The molecule has 0 aromatic rings. The Morgan fingerprint density at radius 2 is 1.05 bits per heavy atom. The largest absolute Gasteiger partial charge is 0.376 e. The van der Waals surface area contributed by atoms with Gasteiger partial charge in [-0.25, -0.2) is 0 Å². The SMILES string of the molecule is CCC1CC2C(C3CCC(C(C)(C)C)CC3)CCCC2C1[Si](C)(C)C1C(C)C(CCCCCCOC(C)(C)C)C2C(C3CCC(C(C)(C)C)CC3)CCCC21. The standard InChI is InChI=1S/C53H98OSi/c1-14-37-35-47-43(38-26-30-40(31-27-38)51(3,4)5)22-19-24-45(47)50(37)55(12,13)49-36(2)42(21-17-15-16-18-34-54-53(9,10)11)48-44(23-20-25-46(48)49)39-28-32-41(33-29-39)52(6,7)8/h36-50H,14-35H2,1-13H3. The molecule has 11 atom stereocenters. The molecular weight excluding hydrogens is 681 g/mol. The molecule has 0 spiro atoms. The summed E-state index contributed by atoms with van der Waals surface area (Å²) in [5, 5.41) is 0. The Morgan fingerprint density at radius 3 is 1.60 bits per heavy atom. The zero-order valence-corrected chi connectivity index (χ0v) is 40.6. The quantitative estimate of drug-likeness (QED) is 0.142. The molecular formula is C53H98OSi. The number of rotatable bonds is 12. The summed E-state index contributed by atoms with van der Waals surface area (Å²) >= 11 is 0. The van der Waals surface area contributed by atoms with Crippen LogP contribution in [0.2, 0.25) is 24.2 Å². The van der Waals surface area contributed by atoms with E-state index in [4.69, 9.17) is 4.74 Å². The van der Waals surface area contributed by atoms with E-state index >= 15 is 0 Å². The van der Waals surface area contributed by atoms with Gasteiger partial charge in [0.1, 0.15) is 0 Å². The predicted octanol–water partition coefficient (Wildman–Crippen LogP) is 16.7. The number of hydrogen-bond acceptors (Lipinski definition) is 1. The highest BCUT2D eigenvalue weighted by molar-refractivity contribution is 6.80. The third-order valence-corrected chi connectivity index (χ3v) is 24.7. The van der Waals surface area contributed by atoms with Gasteiger partial charge in [0.25, 0.3) is 0 Å². The first kappa shape index (κ1) is 44.7. The topological polar surface area (TPSA) is 9.23 Å². The van der Waals surface area contributed by atoms with Crippen molar-refractivity contribution in [1.82, 2.24) is 0 Å². The van der Waals surface area contributed by atoms with Crippen molar-refractivity contribution in [3.8, 4) is 0 Å². The molecule has 1 nitrogen and oxygen atoms in total. The van der Waals surface area contributed by atoms with E-state index < -0.39 is 8.07 Å². The van der Waals surface area contributed by atoms with E-state index in [-0.39, 0.29) is 5.60 Å². The minimum atomic E-state index is -1.57. The Morgan fingerprint density at radius 1 is 0.545 bits per heavy atom. The Kier molecular flexibility index (Phi) is 14.7. The number of unbranched alkanes of at least 4 members (excludes halogenated alkanes) is 3. The molecule has 0 bridgehead atoms. The van der Waals surface area contributed by atoms with Crippen LogP contribution in [0.15, 0.2) is 0 Å². The van der Waals surface area contributed by atoms with Crippen molar-refractivity contribution in [3.63, 3.8) is 0 Å². The molecule has 55 heavy (non-hydrogen) atoms. The Bertz CT molecular complexity index is 1170. The molecule has 0 radical (unpaired) electrons. The summed E-state index contributed by atoms with van der Waals surface area (Å²) in [5.74, 6) is 13.2. The van der Waals surface area contributed by atoms with E-state index in [1.54, 1.807) is 70.6 Å². The fourth-order valence-corrected chi connectivity index (χ4v) is 23.6. The Labute approximate surface area is 346 Å². The summed E-state index contributed by atoms with van der Waals surface area (Å²) in [4.78, 5) is 0. The fraction of sp³-hybridized carbons (Fsp3) is 1.00. The molecule has 11 unspecified atom stereocenters. The Balaban J connectivity index is 1.21. The summed E-state index contributed by atoms with van der Waals surface area (Å²) in [6, 6.07) is 0. The van der Waals surface area contributed by atoms with E-state index in [9.17, 15) is 0 Å². The first-order chi connectivity index (χ1) is 25.8. The lowest BCUT2D eigenvalue weighted by atomic mass is 9.60. The van der Waals surface area contributed by atoms with E-state index in [2.05, 4.69) is 89.3 Å². The maximum Gasteiger partial charge on any atom is 0.0598 e. The van der Waals surface area contributed by atoms with Crippen LogP contribution in [0.1, 0.15) is 211 Å². The van der Waals surface area contributed by atoms with Gasteiger partial charge < -0.3 is 4.74 Å². The van der Waals surface area contributed by atoms with Crippen molar-refractivity contribution < 1.29 is 4.74 Å². The highest BCUT2D eigenvalue weighted by Gasteiger charge is 2.63. The number of fused-ring (bicyclic) bond motifs is 2. The molecule has 6 rings (SSSR count). The third kappa shape index (κ3) is 10.0. The fourth-order valence-electron chi connectivity index (χ4n) is 17.0. The summed E-state index contributed by atoms with van der Waals surface area (Å²) in [7, 11) is -1.57. The lowest BCUT2D eigenvalue weighted by molar-refractivity contribution is -0.00484. The zero-order valence-electron chi connectivity index (χ0n) is 39.6. The van der Waals surface area contributed by atoms with Gasteiger partial charge in [-0.2, -0.15) is 0 Å². The predicted molar refractivity (Wildman–Crippen MR) is 243 cm³/mol. The van der Waals surface area contributed by atoms with Crippen LogP contribution in [-0.4, -0.2) is 20.3 Å². The van der Waals surface area contributed by atoms with Crippen LogP contribution in [0, 0.1) is 87.8 Å². The maximum atomic E-state index is 6.12. The van der Waals surface area contributed by atoms with Crippen LogP contribution >= 0.6 is 0 Å². The molecule has 2 heteroatoms. The van der Waals surface area contributed by atoms with Crippen molar-refractivity contribution in [3.05, 3.63) is 0 Å². The summed E-state index contributed by atoms with van der Waals surface area (Å²) in [6.45, 7) is 34.3. The molecule has 0 aromatic heterocycles. The molecule has 0 N–H and O–H groups in total. The lowest BCUT2D eigenvalue weighted by Gasteiger charge is -2.51. The van der Waals surface area contributed by atoms with Crippen LogP contribution in [0.5, 0.6) is 0 Å². The number of ether oxygens (including phenoxy) is 1. The van der Waals surface area contributed by atoms with Crippen LogP contribution in [-0.2, 0) is 4.74 Å². The van der Waals surface area contributed by atoms with Gasteiger partial charge >= 0.3 is 0 Å². The summed E-state index contributed by atoms with van der Waals surface area (Å²) in [5.41, 5.74) is 3.15. The molecule has 6 aliphatic rings. The van der Waals surface area contributed by atoms with Crippen LogP contribution in [0.25, 0.3) is 0 Å². The molecule has 6 fully saturated rings. The van der Waals surface area contributed by atoms with Crippen molar-refractivity contribution in [1.29, 1.82) is 0 Å². The van der Waals surface area contributed by atoms with Gasteiger partial charge in [0, 0.05) is 6.61 Å². The highest BCUT2D eigenvalue weighted by atomic mass is 28.3. The van der Waals surface area contributed by atoms with Crippen LogP contribution < -0.4 is 0 Å². The van der Waals surface area contributed by atoms with Gasteiger partial charge in [-0.15, -0.1) is 0 Å². The molecule has 0 aromatic carbocycles. The number of hydrogen-bond donors (Lipinski definition) is 0. The molecule has 320 valence electrons. The Hall–Kier alpha value is 0.177. The normalized spacial score (nSPS) is 41.9.